The molecule has 2 aliphatic rings. The molecule has 0 amide bonds. The van der Waals surface area contributed by atoms with E-state index in [1.807, 2.05) is 26.8 Å². The van der Waals surface area contributed by atoms with E-state index in [0.717, 1.165) is 24.5 Å². The summed E-state index contributed by atoms with van der Waals surface area (Å²) in [6.07, 6.45) is 4.82. The molecule has 5 heteroatoms. The van der Waals surface area contributed by atoms with E-state index in [9.17, 15) is 19.8 Å². The van der Waals surface area contributed by atoms with Gasteiger partial charge in [0.25, 0.3) is 0 Å². The van der Waals surface area contributed by atoms with Gasteiger partial charge in [-0.05, 0) is 46.1 Å². The second-order valence-electron chi connectivity index (χ2n) is 6.73. The Hall–Kier alpha value is -1.88. The summed E-state index contributed by atoms with van der Waals surface area (Å²) in [7, 11) is 0. The Labute approximate surface area is 136 Å². The molecule has 1 saturated heterocycles. The molecule has 1 fully saturated rings. The van der Waals surface area contributed by atoms with E-state index in [0.29, 0.717) is 0 Å². The van der Waals surface area contributed by atoms with Crippen molar-refractivity contribution < 1.29 is 24.5 Å². The van der Waals surface area contributed by atoms with Crippen LogP contribution in [0.15, 0.2) is 35.1 Å². The minimum absolute atomic E-state index is 0.00231. The lowest BCUT2D eigenvalue weighted by atomic mass is 9.70. The molecular formula is C18H24O5. The summed E-state index contributed by atoms with van der Waals surface area (Å²) < 4.78 is 5.35. The molecular weight excluding hydrogens is 296 g/mol. The average Bonchev–Trinajstić information content (AvgIpc) is 2.73. The summed E-state index contributed by atoms with van der Waals surface area (Å²) in [5, 5.41) is 20.1. The van der Waals surface area contributed by atoms with E-state index in [1.54, 1.807) is 0 Å². The third-order valence-corrected chi connectivity index (χ3v) is 4.47. The van der Waals surface area contributed by atoms with Crippen LogP contribution in [-0.4, -0.2) is 34.2 Å². The van der Waals surface area contributed by atoms with Crippen molar-refractivity contribution >= 4 is 11.8 Å². The van der Waals surface area contributed by atoms with Crippen molar-refractivity contribution in [1.82, 2.24) is 0 Å². The van der Waals surface area contributed by atoms with Crippen molar-refractivity contribution in [2.75, 3.05) is 0 Å². The molecule has 1 aliphatic carbocycles. The number of cyclic esters (lactones) is 1. The largest absolute Gasteiger partial charge is 0.511 e. The Morgan fingerprint density at radius 2 is 2.09 bits per heavy atom. The molecule has 0 saturated carbocycles. The molecule has 1 unspecified atom stereocenters. The lowest BCUT2D eigenvalue weighted by Gasteiger charge is -2.35. The summed E-state index contributed by atoms with van der Waals surface area (Å²) in [5.74, 6) is -1.13. The highest BCUT2D eigenvalue weighted by molar-refractivity contribution is 5.95. The van der Waals surface area contributed by atoms with Gasteiger partial charge in [-0.1, -0.05) is 17.2 Å². The van der Waals surface area contributed by atoms with Crippen LogP contribution in [0, 0.1) is 5.41 Å². The first-order chi connectivity index (χ1) is 10.7. The molecule has 5 nitrogen and oxygen atoms in total. The zero-order valence-electron chi connectivity index (χ0n) is 13.8. The monoisotopic (exact) mass is 320 g/mol. The number of ketones is 1. The highest BCUT2D eigenvalue weighted by Crippen LogP contribution is 2.48. The van der Waals surface area contributed by atoms with E-state index in [2.05, 4.69) is 6.08 Å². The quantitative estimate of drug-likeness (QED) is 0.614. The first-order valence-electron chi connectivity index (χ1n) is 7.88. The first kappa shape index (κ1) is 17.5. The van der Waals surface area contributed by atoms with Crippen LogP contribution in [0.5, 0.6) is 0 Å². The molecule has 0 radical (unpaired) electrons. The molecule has 0 aromatic heterocycles. The van der Waals surface area contributed by atoms with Crippen molar-refractivity contribution in [3.63, 3.8) is 0 Å². The SMILES string of the molecule is CC(C)=CCC/C(C)=C/[C@H]1OC(=O)CC12C[C@H](O)C(=O)C=C2O. The fraction of sp³-hybridized carbons (Fsp3) is 0.556. The van der Waals surface area contributed by atoms with Gasteiger partial charge in [0.1, 0.15) is 18.0 Å². The summed E-state index contributed by atoms with van der Waals surface area (Å²) in [6.45, 7) is 6.02. The maximum Gasteiger partial charge on any atom is 0.307 e. The molecule has 2 N–H and O–H groups in total. The summed E-state index contributed by atoms with van der Waals surface area (Å²) in [5.41, 5.74) is 1.26. The smallest absolute Gasteiger partial charge is 0.307 e. The third-order valence-electron chi connectivity index (χ3n) is 4.47. The number of ether oxygens (including phenoxy) is 1. The molecule has 0 bridgehead atoms. The molecule has 1 heterocycles. The van der Waals surface area contributed by atoms with Gasteiger partial charge in [-0.15, -0.1) is 0 Å². The number of aliphatic hydroxyl groups excluding tert-OH is 2. The molecule has 1 spiro atoms. The van der Waals surface area contributed by atoms with Crippen molar-refractivity contribution in [3.05, 3.63) is 35.1 Å². The molecule has 0 aromatic rings. The van der Waals surface area contributed by atoms with Crippen molar-refractivity contribution in [2.45, 2.75) is 58.7 Å². The fourth-order valence-corrected chi connectivity index (χ4v) is 3.13. The van der Waals surface area contributed by atoms with Gasteiger partial charge < -0.3 is 14.9 Å². The van der Waals surface area contributed by atoms with Crippen LogP contribution in [0.2, 0.25) is 0 Å². The lowest BCUT2D eigenvalue weighted by Crippen LogP contribution is -2.42. The zero-order chi connectivity index (χ0) is 17.2. The van der Waals surface area contributed by atoms with Gasteiger partial charge in [-0.2, -0.15) is 0 Å². The van der Waals surface area contributed by atoms with E-state index >= 15 is 0 Å². The maximum absolute atomic E-state index is 11.8. The van der Waals surface area contributed by atoms with Crippen LogP contribution >= 0.6 is 0 Å². The number of rotatable bonds is 4. The van der Waals surface area contributed by atoms with Crippen LogP contribution in [0.1, 0.15) is 46.5 Å². The number of hydrogen-bond donors (Lipinski definition) is 2. The van der Waals surface area contributed by atoms with Crippen LogP contribution in [-0.2, 0) is 14.3 Å². The average molecular weight is 320 g/mol. The van der Waals surface area contributed by atoms with Crippen molar-refractivity contribution in [1.29, 1.82) is 0 Å². The molecule has 1 aliphatic heterocycles. The topological polar surface area (TPSA) is 83.8 Å². The van der Waals surface area contributed by atoms with E-state index in [4.69, 9.17) is 4.74 Å². The van der Waals surface area contributed by atoms with E-state index < -0.39 is 29.4 Å². The maximum atomic E-state index is 11.8. The predicted molar refractivity (Wildman–Crippen MR) is 85.7 cm³/mol. The number of hydrogen-bond acceptors (Lipinski definition) is 5. The number of aliphatic hydroxyl groups is 2. The zero-order valence-corrected chi connectivity index (χ0v) is 13.8. The Morgan fingerprint density at radius 3 is 2.74 bits per heavy atom. The van der Waals surface area contributed by atoms with Crippen LogP contribution in [0.3, 0.4) is 0 Å². The van der Waals surface area contributed by atoms with E-state index in [1.165, 1.54) is 5.57 Å². The van der Waals surface area contributed by atoms with Gasteiger partial charge in [0, 0.05) is 6.08 Å². The van der Waals surface area contributed by atoms with Gasteiger partial charge in [-0.3, -0.25) is 9.59 Å². The second-order valence-corrected chi connectivity index (χ2v) is 6.73. The van der Waals surface area contributed by atoms with Crippen molar-refractivity contribution in [2.24, 2.45) is 5.41 Å². The standard InChI is InChI=1S/C18H24O5/c1-11(2)5-4-6-12(3)7-16-18(10-17(22)23-16)9-14(20)13(19)8-15(18)21/h5,7-8,14,16,20-21H,4,6,9-10H2,1-3H3/b12-7+/t14-,16+,18?/m0/s1. The van der Waals surface area contributed by atoms with Gasteiger partial charge >= 0.3 is 5.97 Å². The highest BCUT2D eigenvalue weighted by atomic mass is 16.6. The number of carbonyl (C=O) groups is 2. The normalized spacial score (nSPS) is 31.1. The summed E-state index contributed by atoms with van der Waals surface area (Å²) >= 11 is 0. The first-order valence-corrected chi connectivity index (χ1v) is 7.88. The van der Waals surface area contributed by atoms with Crippen LogP contribution in [0.25, 0.3) is 0 Å². The number of esters is 1. The summed E-state index contributed by atoms with van der Waals surface area (Å²) in [6, 6.07) is 0. The Morgan fingerprint density at radius 1 is 1.39 bits per heavy atom. The minimum atomic E-state index is -1.21. The third kappa shape index (κ3) is 3.72. The highest BCUT2D eigenvalue weighted by Gasteiger charge is 2.55. The number of carbonyl (C=O) groups excluding carboxylic acids is 2. The van der Waals surface area contributed by atoms with E-state index in [-0.39, 0.29) is 18.6 Å². The molecule has 126 valence electrons. The molecule has 2 rings (SSSR count). The van der Waals surface area contributed by atoms with Gasteiger partial charge in [0.05, 0.1) is 11.8 Å². The molecule has 23 heavy (non-hydrogen) atoms. The predicted octanol–water partition coefficient (Wildman–Crippen LogP) is 2.76. The Kier molecular flexibility index (Phi) is 5.09. The van der Waals surface area contributed by atoms with Crippen LogP contribution in [0.4, 0.5) is 0 Å². The van der Waals surface area contributed by atoms with Crippen LogP contribution < -0.4 is 0 Å². The second kappa shape index (κ2) is 6.71. The van der Waals surface area contributed by atoms with Crippen molar-refractivity contribution in [3.8, 4) is 0 Å². The molecule has 0 aromatic carbocycles. The van der Waals surface area contributed by atoms with Gasteiger partial charge in [0.15, 0.2) is 5.78 Å². The van der Waals surface area contributed by atoms with Gasteiger partial charge in [-0.25, -0.2) is 0 Å². The van der Waals surface area contributed by atoms with Gasteiger partial charge in [0.2, 0.25) is 0 Å². The summed E-state index contributed by atoms with van der Waals surface area (Å²) in [4.78, 5) is 23.3. The minimum Gasteiger partial charge on any atom is -0.511 e. The number of allylic oxidation sites excluding steroid dienone is 3. The fourth-order valence-electron chi connectivity index (χ4n) is 3.13. The Balaban J connectivity index is 2.23. The lowest BCUT2D eigenvalue weighted by molar-refractivity contribution is -0.140. The molecule has 3 atom stereocenters. The Bertz CT molecular complexity index is 595.